The fourth-order valence-corrected chi connectivity index (χ4v) is 2.16. The van der Waals surface area contributed by atoms with Gasteiger partial charge in [-0.2, -0.15) is 0 Å². The predicted molar refractivity (Wildman–Crippen MR) is 54.7 cm³/mol. The van der Waals surface area contributed by atoms with Crippen molar-refractivity contribution in [2.24, 2.45) is 5.73 Å². The molecule has 0 unspecified atom stereocenters. The molecular weight excluding hydrogens is 164 g/mol. The highest BCUT2D eigenvalue weighted by Gasteiger charge is 2.45. The lowest BCUT2D eigenvalue weighted by Gasteiger charge is -2.52. The zero-order valence-corrected chi connectivity index (χ0v) is 9.05. The molecule has 0 atom stereocenters. The van der Waals surface area contributed by atoms with Gasteiger partial charge in [-0.25, -0.2) is 0 Å². The van der Waals surface area contributed by atoms with Crippen molar-refractivity contribution < 1.29 is 4.74 Å². The van der Waals surface area contributed by atoms with Crippen LogP contribution in [0.15, 0.2) is 0 Å². The van der Waals surface area contributed by atoms with Gasteiger partial charge in [0, 0.05) is 19.2 Å². The topological polar surface area (TPSA) is 38.5 Å². The highest BCUT2D eigenvalue weighted by molar-refractivity contribution is 5.03. The average molecular weight is 186 g/mol. The van der Waals surface area contributed by atoms with Crippen molar-refractivity contribution in [3.63, 3.8) is 0 Å². The summed E-state index contributed by atoms with van der Waals surface area (Å²) in [5, 5.41) is 0. The molecule has 1 aliphatic carbocycles. The van der Waals surface area contributed by atoms with Gasteiger partial charge in [-0.1, -0.05) is 6.92 Å². The second-order valence-electron chi connectivity index (χ2n) is 4.12. The zero-order valence-electron chi connectivity index (χ0n) is 9.05. The standard InChI is InChI=1S/C10H22N2O/c1-4-5-12(2)10(8-11)6-9(7-10)13-3/h9H,4-8,11H2,1-3H3. The minimum atomic E-state index is 0.233. The SMILES string of the molecule is CCCN(C)C1(CN)CC(OC)C1. The summed E-state index contributed by atoms with van der Waals surface area (Å²) in [6.07, 6.45) is 3.81. The number of methoxy groups -OCH3 is 1. The van der Waals surface area contributed by atoms with E-state index in [1.807, 2.05) is 0 Å². The van der Waals surface area contributed by atoms with Crippen LogP contribution in [-0.2, 0) is 4.74 Å². The van der Waals surface area contributed by atoms with Crippen LogP contribution in [0.2, 0.25) is 0 Å². The molecule has 0 aliphatic heterocycles. The van der Waals surface area contributed by atoms with E-state index in [2.05, 4.69) is 18.9 Å². The lowest BCUT2D eigenvalue weighted by atomic mass is 9.73. The van der Waals surface area contributed by atoms with E-state index in [1.165, 1.54) is 6.42 Å². The van der Waals surface area contributed by atoms with Gasteiger partial charge in [-0.05, 0) is 32.9 Å². The van der Waals surface area contributed by atoms with Crippen molar-refractivity contribution in [1.29, 1.82) is 0 Å². The molecule has 1 rings (SSSR count). The van der Waals surface area contributed by atoms with Gasteiger partial charge < -0.3 is 10.5 Å². The fraction of sp³-hybridized carbons (Fsp3) is 1.00. The molecule has 78 valence electrons. The first-order chi connectivity index (χ1) is 6.18. The van der Waals surface area contributed by atoms with E-state index in [4.69, 9.17) is 10.5 Å². The van der Waals surface area contributed by atoms with Crippen LogP contribution >= 0.6 is 0 Å². The molecule has 0 aromatic rings. The highest BCUT2D eigenvalue weighted by atomic mass is 16.5. The van der Waals surface area contributed by atoms with Crippen molar-refractivity contribution in [2.75, 3.05) is 27.2 Å². The summed E-state index contributed by atoms with van der Waals surface area (Å²) in [5.74, 6) is 0. The van der Waals surface area contributed by atoms with Crippen molar-refractivity contribution >= 4 is 0 Å². The predicted octanol–water partition coefficient (Wildman–Crippen LogP) is 0.834. The second-order valence-corrected chi connectivity index (χ2v) is 4.12. The minimum absolute atomic E-state index is 0.233. The number of likely N-dealkylation sites (N-methyl/N-ethyl adjacent to an activating group) is 1. The Hall–Kier alpha value is -0.120. The van der Waals surface area contributed by atoms with Crippen molar-refractivity contribution in [1.82, 2.24) is 4.90 Å². The van der Waals surface area contributed by atoms with Gasteiger partial charge in [0.15, 0.2) is 0 Å². The summed E-state index contributed by atoms with van der Waals surface area (Å²) in [6, 6.07) is 0. The van der Waals surface area contributed by atoms with Gasteiger partial charge in [0.05, 0.1) is 6.10 Å². The number of nitrogens with two attached hydrogens (primary N) is 1. The maximum Gasteiger partial charge on any atom is 0.0607 e. The van der Waals surface area contributed by atoms with Crippen LogP contribution in [-0.4, -0.2) is 43.8 Å². The Labute approximate surface area is 81.2 Å². The Kier molecular flexibility index (Phi) is 3.71. The number of nitrogens with zero attached hydrogens (tertiary/aromatic N) is 1. The van der Waals surface area contributed by atoms with Crippen LogP contribution in [0, 0.1) is 0 Å². The first-order valence-electron chi connectivity index (χ1n) is 5.12. The van der Waals surface area contributed by atoms with Gasteiger partial charge in [0.2, 0.25) is 0 Å². The lowest BCUT2D eigenvalue weighted by Crippen LogP contribution is -2.62. The second kappa shape index (κ2) is 4.40. The monoisotopic (exact) mass is 186 g/mol. The first-order valence-corrected chi connectivity index (χ1v) is 5.12. The van der Waals surface area contributed by atoms with Gasteiger partial charge in [0.1, 0.15) is 0 Å². The molecule has 2 N–H and O–H groups in total. The number of hydrogen-bond acceptors (Lipinski definition) is 3. The van der Waals surface area contributed by atoms with Crippen molar-refractivity contribution in [3.05, 3.63) is 0 Å². The van der Waals surface area contributed by atoms with E-state index in [0.29, 0.717) is 6.10 Å². The largest absolute Gasteiger partial charge is 0.381 e. The highest BCUT2D eigenvalue weighted by Crippen LogP contribution is 2.37. The maximum atomic E-state index is 5.82. The van der Waals surface area contributed by atoms with Crippen molar-refractivity contribution in [2.45, 2.75) is 37.8 Å². The molecule has 0 bridgehead atoms. The van der Waals surface area contributed by atoms with E-state index < -0.39 is 0 Å². The Morgan fingerprint density at radius 2 is 2.15 bits per heavy atom. The summed E-state index contributed by atoms with van der Waals surface area (Å²) in [4.78, 5) is 2.39. The number of hydrogen-bond donors (Lipinski definition) is 1. The van der Waals surface area contributed by atoms with Crippen LogP contribution in [0.1, 0.15) is 26.2 Å². The van der Waals surface area contributed by atoms with Crippen LogP contribution in [0.4, 0.5) is 0 Å². The van der Waals surface area contributed by atoms with Gasteiger partial charge >= 0.3 is 0 Å². The van der Waals surface area contributed by atoms with Crippen molar-refractivity contribution in [3.8, 4) is 0 Å². The van der Waals surface area contributed by atoms with Crippen LogP contribution in [0.25, 0.3) is 0 Å². The molecule has 0 heterocycles. The van der Waals surface area contributed by atoms with Crippen LogP contribution < -0.4 is 5.73 Å². The molecule has 0 saturated heterocycles. The third kappa shape index (κ3) is 2.03. The molecule has 0 radical (unpaired) electrons. The molecule has 3 heteroatoms. The molecule has 0 aromatic carbocycles. The number of ether oxygens (including phenoxy) is 1. The molecule has 0 amide bonds. The fourth-order valence-electron chi connectivity index (χ4n) is 2.16. The smallest absolute Gasteiger partial charge is 0.0607 e. The van der Waals surface area contributed by atoms with Gasteiger partial charge in [-0.15, -0.1) is 0 Å². The van der Waals surface area contributed by atoms with E-state index >= 15 is 0 Å². The van der Waals surface area contributed by atoms with E-state index in [0.717, 1.165) is 25.9 Å². The summed E-state index contributed by atoms with van der Waals surface area (Å²) in [5.41, 5.74) is 6.05. The molecule has 3 nitrogen and oxygen atoms in total. The molecule has 0 spiro atoms. The normalized spacial score (nSPS) is 33.5. The third-order valence-corrected chi connectivity index (χ3v) is 3.30. The lowest BCUT2D eigenvalue weighted by molar-refractivity contribution is -0.0780. The Balaban J connectivity index is 2.44. The summed E-state index contributed by atoms with van der Waals surface area (Å²) >= 11 is 0. The molecule has 13 heavy (non-hydrogen) atoms. The first kappa shape index (κ1) is 11.0. The quantitative estimate of drug-likeness (QED) is 0.691. The van der Waals surface area contributed by atoms with E-state index in [9.17, 15) is 0 Å². The molecule has 1 saturated carbocycles. The Bertz CT molecular complexity index is 155. The number of rotatable bonds is 5. The van der Waals surface area contributed by atoms with Gasteiger partial charge in [-0.3, -0.25) is 4.90 Å². The summed E-state index contributed by atoms with van der Waals surface area (Å²) in [6.45, 7) is 4.09. The minimum Gasteiger partial charge on any atom is -0.381 e. The maximum absolute atomic E-state index is 5.82. The third-order valence-electron chi connectivity index (χ3n) is 3.30. The van der Waals surface area contributed by atoms with Crippen LogP contribution in [0.5, 0.6) is 0 Å². The molecular formula is C10H22N2O. The van der Waals surface area contributed by atoms with Crippen LogP contribution in [0.3, 0.4) is 0 Å². The summed E-state index contributed by atoms with van der Waals surface area (Å²) < 4.78 is 5.29. The Morgan fingerprint density at radius 3 is 2.54 bits per heavy atom. The molecule has 1 fully saturated rings. The average Bonchev–Trinajstić information content (AvgIpc) is 2.04. The molecule has 1 aliphatic rings. The van der Waals surface area contributed by atoms with E-state index in [1.54, 1.807) is 7.11 Å². The molecule has 0 aromatic heterocycles. The van der Waals surface area contributed by atoms with Gasteiger partial charge in [0.25, 0.3) is 0 Å². The summed E-state index contributed by atoms with van der Waals surface area (Å²) in [7, 11) is 3.95. The Morgan fingerprint density at radius 1 is 1.54 bits per heavy atom. The van der Waals surface area contributed by atoms with E-state index in [-0.39, 0.29) is 5.54 Å². The zero-order chi connectivity index (χ0) is 9.90.